The number of methoxy groups -OCH3 is 1. The van der Waals surface area contributed by atoms with Gasteiger partial charge in [0.2, 0.25) is 0 Å². The second-order valence-electron chi connectivity index (χ2n) is 7.48. The highest BCUT2D eigenvalue weighted by molar-refractivity contribution is 14.0. The first-order valence-electron chi connectivity index (χ1n) is 11.3. The van der Waals surface area contributed by atoms with Gasteiger partial charge in [0.15, 0.2) is 5.96 Å². The molecule has 0 aromatic heterocycles. The molecule has 31 heavy (non-hydrogen) atoms. The Hall–Kier alpha value is -1.71. The lowest BCUT2D eigenvalue weighted by Crippen LogP contribution is -2.44. The molecule has 1 aromatic carbocycles. The van der Waals surface area contributed by atoms with E-state index in [0.717, 1.165) is 75.7 Å². The number of carbonyl (C=O) groups is 1. The van der Waals surface area contributed by atoms with Crippen LogP contribution in [-0.4, -0.2) is 57.9 Å². The predicted octanol–water partition coefficient (Wildman–Crippen LogP) is 3.96. The van der Waals surface area contributed by atoms with Gasteiger partial charge in [-0.3, -0.25) is 9.79 Å². The number of benzene rings is 1. The van der Waals surface area contributed by atoms with Crippen molar-refractivity contribution in [2.75, 3.05) is 44.8 Å². The standard InChI is InChI=1S/C23H38N4O3.HI/c1-4-24-23(25-16-11-7-6-8-14-22(28)30-5-2)26-19-15-17-27(18-19)20-12-9-10-13-21(20)29-3;/h9-10,12-13,19H,4-8,11,14-18H2,1-3H3,(H2,24,25,26);1H. The van der Waals surface area contributed by atoms with Crippen LogP contribution in [-0.2, 0) is 9.53 Å². The summed E-state index contributed by atoms with van der Waals surface area (Å²) in [6.07, 6.45) is 5.61. The van der Waals surface area contributed by atoms with Crippen LogP contribution in [0.4, 0.5) is 5.69 Å². The molecule has 1 aromatic rings. The van der Waals surface area contributed by atoms with Gasteiger partial charge in [-0.25, -0.2) is 0 Å². The molecule has 2 rings (SSSR count). The molecule has 1 heterocycles. The van der Waals surface area contributed by atoms with Gasteiger partial charge in [-0.2, -0.15) is 0 Å². The van der Waals surface area contributed by atoms with Crippen molar-refractivity contribution in [3.05, 3.63) is 24.3 Å². The molecule has 0 bridgehead atoms. The fourth-order valence-corrected chi connectivity index (χ4v) is 3.66. The van der Waals surface area contributed by atoms with Crippen LogP contribution >= 0.6 is 24.0 Å². The van der Waals surface area contributed by atoms with Gasteiger partial charge in [0, 0.05) is 38.6 Å². The number of rotatable bonds is 12. The zero-order valence-electron chi connectivity index (χ0n) is 19.2. The SMILES string of the molecule is CCNC(=NCCCCCCC(=O)OCC)NC1CCN(c2ccccc2OC)C1.I. The minimum atomic E-state index is -0.0899. The number of aliphatic imine (C=N–C) groups is 1. The lowest BCUT2D eigenvalue weighted by atomic mass is 10.1. The van der Waals surface area contributed by atoms with Crippen LogP contribution in [0, 0.1) is 0 Å². The molecular weight excluding hydrogens is 507 g/mol. The van der Waals surface area contributed by atoms with E-state index >= 15 is 0 Å². The number of unbranched alkanes of at least 4 members (excludes halogenated alkanes) is 3. The summed E-state index contributed by atoms with van der Waals surface area (Å²) in [6.45, 7) is 7.95. The Labute approximate surface area is 204 Å². The number of halogens is 1. The van der Waals surface area contributed by atoms with Gasteiger partial charge >= 0.3 is 5.97 Å². The van der Waals surface area contributed by atoms with Crippen LogP contribution in [0.1, 0.15) is 52.4 Å². The van der Waals surface area contributed by atoms with E-state index < -0.39 is 0 Å². The third kappa shape index (κ3) is 9.97. The Kier molecular flexibility index (Phi) is 14.1. The lowest BCUT2D eigenvalue weighted by molar-refractivity contribution is -0.143. The molecule has 0 aliphatic carbocycles. The van der Waals surface area contributed by atoms with Gasteiger partial charge in [0.25, 0.3) is 0 Å². The van der Waals surface area contributed by atoms with Crippen molar-refractivity contribution in [3.63, 3.8) is 0 Å². The quantitative estimate of drug-likeness (QED) is 0.136. The molecule has 1 saturated heterocycles. The van der Waals surface area contributed by atoms with Gasteiger partial charge in [-0.15, -0.1) is 24.0 Å². The molecule has 0 spiro atoms. The van der Waals surface area contributed by atoms with Crippen molar-refractivity contribution >= 4 is 41.6 Å². The summed E-state index contributed by atoms with van der Waals surface area (Å²) in [5.74, 6) is 1.71. The molecule has 1 fully saturated rings. The van der Waals surface area contributed by atoms with E-state index in [1.165, 1.54) is 0 Å². The normalized spacial score (nSPS) is 15.9. The number of guanidine groups is 1. The number of ether oxygens (including phenoxy) is 2. The van der Waals surface area contributed by atoms with Crippen molar-refractivity contribution in [1.29, 1.82) is 0 Å². The van der Waals surface area contributed by atoms with Gasteiger partial charge in [-0.05, 0) is 45.2 Å². The van der Waals surface area contributed by atoms with Crippen LogP contribution < -0.4 is 20.3 Å². The molecule has 0 amide bonds. The highest BCUT2D eigenvalue weighted by Crippen LogP contribution is 2.30. The van der Waals surface area contributed by atoms with E-state index in [1.807, 2.05) is 19.1 Å². The first-order valence-corrected chi connectivity index (χ1v) is 11.3. The Morgan fingerprint density at radius 2 is 1.97 bits per heavy atom. The first-order chi connectivity index (χ1) is 14.7. The lowest BCUT2D eigenvalue weighted by Gasteiger charge is -2.22. The van der Waals surface area contributed by atoms with Crippen molar-refractivity contribution < 1.29 is 14.3 Å². The number of anilines is 1. The number of nitrogens with one attached hydrogen (secondary N) is 2. The summed E-state index contributed by atoms with van der Waals surface area (Å²) in [7, 11) is 1.72. The largest absolute Gasteiger partial charge is 0.495 e. The van der Waals surface area contributed by atoms with Crippen LogP contribution in [0.5, 0.6) is 5.75 Å². The third-order valence-corrected chi connectivity index (χ3v) is 5.16. The van der Waals surface area contributed by atoms with Crippen molar-refractivity contribution in [2.24, 2.45) is 4.99 Å². The maximum absolute atomic E-state index is 11.3. The molecule has 1 aliphatic rings. The smallest absolute Gasteiger partial charge is 0.305 e. The summed E-state index contributed by atoms with van der Waals surface area (Å²) < 4.78 is 10.5. The maximum Gasteiger partial charge on any atom is 0.305 e. The first kappa shape index (κ1) is 27.3. The van der Waals surface area contributed by atoms with E-state index in [2.05, 4.69) is 34.6 Å². The van der Waals surface area contributed by atoms with Crippen LogP contribution in [0.15, 0.2) is 29.3 Å². The minimum Gasteiger partial charge on any atom is -0.495 e. The molecule has 0 saturated carbocycles. The van der Waals surface area contributed by atoms with Crippen molar-refractivity contribution in [1.82, 2.24) is 10.6 Å². The van der Waals surface area contributed by atoms with Crippen LogP contribution in [0.3, 0.4) is 0 Å². The average molecular weight is 546 g/mol. The second-order valence-corrected chi connectivity index (χ2v) is 7.48. The van der Waals surface area contributed by atoms with Gasteiger partial charge in [0.05, 0.1) is 19.4 Å². The fourth-order valence-electron chi connectivity index (χ4n) is 3.66. The summed E-state index contributed by atoms with van der Waals surface area (Å²) in [6, 6.07) is 8.53. The number of carbonyl (C=O) groups excluding carboxylic acids is 1. The van der Waals surface area contributed by atoms with Crippen LogP contribution in [0.2, 0.25) is 0 Å². The van der Waals surface area contributed by atoms with Gasteiger partial charge in [-0.1, -0.05) is 25.0 Å². The third-order valence-electron chi connectivity index (χ3n) is 5.16. The number of para-hydroxylation sites is 2. The molecule has 7 nitrogen and oxygen atoms in total. The molecule has 8 heteroatoms. The molecule has 176 valence electrons. The number of hydrogen-bond acceptors (Lipinski definition) is 5. The van der Waals surface area contributed by atoms with E-state index in [1.54, 1.807) is 7.11 Å². The highest BCUT2D eigenvalue weighted by Gasteiger charge is 2.25. The predicted molar refractivity (Wildman–Crippen MR) is 138 cm³/mol. The zero-order valence-corrected chi connectivity index (χ0v) is 21.5. The monoisotopic (exact) mass is 546 g/mol. The van der Waals surface area contributed by atoms with Crippen molar-refractivity contribution in [3.8, 4) is 5.75 Å². The molecule has 1 atom stereocenters. The molecule has 1 unspecified atom stereocenters. The number of nitrogens with zero attached hydrogens (tertiary/aromatic N) is 2. The summed E-state index contributed by atoms with van der Waals surface area (Å²) >= 11 is 0. The Balaban J connectivity index is 0.00000480. The van der Waals surface area contributed by atoms with E-state index in [0.29, 0.717) is 19.1 Å². The average Bonchev–Trinajstić information content (AvgIpc) is 3.21. The number of esters is 1. The zero-order chi connectivity index (χ0) is 21.6. The molecule has 0 radical (unpaired) electrons. The maximum atomic E-state index is 11.3. The van der Waals surface area contributed by atoms with E-state index in [-0.39, 0.29) is 29.9 Å². The Bertz CT molecular complexity index is 672. The Morgan fingerprint density at radius 3 is 2.71 bits per heavy atom. The molecule has 2 N–H and O–H groups in total. The number of hydrogen-bond donors (Lipinski definition) is 2. The highest BCUT2D eigenvalue weighted by atomic mass is 127. The van der Waals surface area contributed by atoms with Crippen molar-refractivity contribution in [2.45, 2.75) is 58.4 Å². The van der Waals surface area contributed by atoms with E-state index in [9.17, 15) is 4.79 Å². The Morgan fingerprint density at radius 1 is 1.19 bits per heavy atom. The van der Waals surface area contributed by atoms with Gasteiger partial charge in [0.1, 0.15) is 5.75 Å². The minimum absolute atomic E-state index is 0. The van der Waals surface area contributed by atoms with Crippen LogP contribution in [0.25, 0.3) is 0 Å². The molecule has 1 aliphatic heterocycles. The fraction of sp³-hybridized carbons (Fsp3) is 0.652. The second kappa shape index (κ2) is 16.0. The van der Waals surface area contributed by atoms with Gasteiger partial charge < -0.3 is 25.0 Å². The molecular formula is C23H39IN4O3. The van der Waals surface area contributed by atoms with E-state index in [4.69, 9.17) is 14.5 Å². The summed E-state index contributed by atoms with van der Waals surface area (Å²) in [4.78, 5) is 18.4. The topological polar surface area (TPSA) is 75.2 Å². The summed E-state index contributed by atoms with van der Waals surface area (Å²) in [5, 5.41) is 6.93. The summed E-state index contributed by atoms with van der Waals surface area (Å²) in [5.41, 5.74) is 1.15.